The van der Waals surface area contributed by atoms with Gasteiger partial charge in [-0.05, 0) is 42.3 Å². The molecule has 3 rings (SSSR count). The molecule has 0 amide bonds. The number of rotatable bonds is 6. The molecule has 0 atom stereocenters. The number of para-hydroxylation sites is 1. The zero-order chi connectivity index (χ0) is 17.6. The largest absolute Gasteiger partial charge is 0.496 e. The number of nitrogens with zero attached hydrogens (tertiary/aromatic N) is 2. The Morgan fingerprint density at radius 2 is 1.72 bits per heavy atom. The Balaban J connectivity index is 1.90. The van der Waals surface area contributed by atoms with Gasteiger partial charge < -0.3 is 14.8 Å². The van der Waals surface area contributed by atoms with E-state index in [4.69, 9.17) is 9.47 Å². The summed E-state index contributed by atoms with van der Waals surface area (Å²) >= 11 is 0. The van der Waals surface area contributed by atoms with Gasteiger partial charge in [0.1, 0.15) is 23.6 Å². The van der Waals surface area contributed by atoms with E-state index >= 15 is 0 Å². The Labute approximate surface area is 147 Å². The Bertz CT molecular complexity index is 865. The standard InChI is InChI=1S/C20H21N3O2/c1-4-14-11-15(9-10-18(14)24-2)23-20-12-17(21-13-22-20)16-7-5-6-8-19(16)25-3/h5-13H,4H2,1-3H3,(H,21,22,23). The molecule has 0 radical (unpaired) electrons. The average Bonchev–Trinajstić information content (AvgIpc) is 2.68. The summed E-state index contributed by atoms with van der Waals surface area (Å²) < 4.78 is 10.8. The van der Waals surface area contributed by atoms with Crippen LogP contribution in [0.1, 0.15) is 12.5 Å². The van der Waals surface area contributed by atoms with Crippen molar-refractivity contribution in [3.8, 4) is 22.8 Å². The van der Waals surface area contributed by atoms with Crippen molar-refractivity contribution >= 4 is 11.5 Å². The molecule has 0 bridgehead atoms. The van der Waals surface area contributed by atoms with Gasteiger partial charge in [0.15, 0.2) is 0 Å². The quantitative estimate of drug-likeness (QED) is 0.720. The van der Waals surface area contributed by atoms with Gasteiger partial charge in [-0.15, -0.1) is 0 Å². The number of hydrogen-bond donors (Lipinski definition) is 1. The molecule has 0 unspecified atom stereocenters. The molecule has 3 aromatic rings. The molecule has 0 fully saturated rings. The Morgan fingerprint density at radius 3 is 2.48 bits per heavy atom. The third-order valence-corrected chi connectivity index (χ3v) is 3.98. The number of benzene rings is 2. The van der Waals surface area contributed by atoms with E-state index in [1.54, 1.807) is 20.5 Å². The second-order valence-electron chi connectivity index (χ2n) is 5.49. The van der Waals surface area contributed by atoms with Crippen LogP contribution in [0.3, 0.4) is 0 Å². The number of aromatic nitrogens is 2. The summed E-state index contributed by atoms with van der Waals surface area (Å²) in [6, 6.07) is 15.7. The molecule has 128 valence electrons. The van der Waals surface area contributed by atoms with Crippen LogP contribution >= 0.6 is 0 Å². The van der Waals surface area contributed by atoms with Gasteiger partial charge in [-0.25, -0.2) is 9.97 Å². The number of ether oxygens (including phenoxy) is 2. The molecule has 0 aliphatic heterocycles. The van der Waals surface area contributed by atoms with Gasteiger partial charge >= 0.3 is 0 Å². The van der Waals surface area contributed by atoms with E-state index in [0.717, 1.165) is 46.2 Å². The minimum atomic E-state index is 0.725. The molecule has 1 aromatic heterocycles. The van der Waals surface area contributed by atoms with Crippen molar-refractivity contribution in [2.24, 2.45) is 0 Å². The molecule has 0 aliphatic rings. The summed E-state index contributed by atoms with van der Waals surface area (Å²) in [6.45, 7) is 2.10. The highest BCUT2D eigenvalue weighted by molar-refractivity contribution is 5.70. The lowest BCUT2D eigenvalue weighted by atomic mass is 10.1. The fourth-order valence-corrected chi connectivity index (χ4v) is 2.71. The van der Waals surface area contributed by atoms with Crippen molar-refractivity contribution in [2.75, 3.05) is 19.5 Å². The minimum absolute atomic E-state index is 0.725. The summed E-state index contributed by atoms with van der Waals surface area (Å²) in [6.07, 6.45) is 2.45. The van der Waals surface area contributed by atoms with Crippen molar-refractivity contribution in [1.82, 2.24) is 9.97 Å². The van der Waals surface area contributed by atoms with Crippen molar-refractivity contribution in [1.29, 1.82) is 0 Å². The van der Waals surface area contributed by atoms with E-state index in [0.29, 0.717) is 0 Å². The SMILES string of the molecule is CCc1cc(Nc2cc(-c3ccccc3OC)ncn2)ccc1OC. The topological polar surface area (TPSA) is 56.3 Å². The van der Waals surface area contributed by atoms with E-state index in [1.165, 1.54) is 0 Å². The Kier molecular flexibility index (Phi) is 5.14. The highest BCUT2D eigenvalue weighted by atomic mass is 16.5. The molecular weight excluding hydrogens is 314 g/mol. The molecule has 0 aliphatic carbocycles. The molecule has 5 nitrogen and oxygen atoms in total. The van der Waals surface area contributed by atoms with Crippen LogP contribution in [0.15, 0.2) is 54.9 Å². The van der Waals surface area contributed by atoms with Gasteiger partial charge in [-0.3, -0.25) is 0 Å². The van der Waals surface area contributed by atoms with Crippen LogP contribution in [0.2, 0.25) is 0 Å². The van der Waals surface area contributed by atoms with Crippen LogP contribution < -0.4 is 14.8 Å². The number of methoxy groups -OCH3 is 2. The Morgan fingerprint density at radius 1 is 0.920 bits per heavy atom. The number of hydrogen-bond acceptors (Lipinski definition) is 5. The van der Waals surface area contributed by atoms with Crippen LogP contribution in [0, 0.1) is 0 Å². The zero-order valence-electron chi connectivity index (χ0n) is 14.6. The molecule has 25 heavy (non-hydrogen) atoms. The van der Waals surface area contributed by atoms with Gasteiger partial charge in [0.2, 0.25) is 0 Å². The maximum Gasteiger partial charge on any atom is 0.134 e. The van der Waals surface area contributed by atoms with Crippen molar-refractivity contribution < 1.29 is 9.47 Å². The van der Waals surface area contributed by atoms with Crippen LogP contribution in [-0.2, 0) is 6.42 Å². The van der Waals surface area contributed by atoms with E-state index < -0.39 is 0 Å². The van der Waals surface area contributed by atoms with Crippen molar-refractivity contribution in [3.05, 3.63) is 60.4 Å². The molecule has 5 heteroatoms. The normalized spacial score (nSPS) is 10.4. The lowest BCUT2D eigenvalue weighted by molar-refractivity contribution is 0.410. The van der Waals surface area contributed by atoms with Gasteiger partial charge in [-0.2, -0.15) is 0 Å². The fraction of sp³-hybridized carbons (Fsp3) is 0.200. The fourth-order valence-electron chi connectivity index (χ4n) is 2.71. The smallest absolute Gasteiger partial charge is 0.134 e. The molecule has 0 saturated carbocycles. The number of aryl methyl sites for hydroxylation is 1. The molecule has 1 N–H and O–H groups in total. The molecule has 2 aromatic carbocycles. The van der Waals surface area contributed by atoms with Crippen LogP contribution in [0.5, 0.6) is 11.5 Å². The summed E-state index contributed by atoms with van der Waals surface area (Å²) in [5.74, 6) is 2.40. The lowest BCUT2D eigenvalue weighted by Gasteiger charge is -2.12. The van der Waals surface area contributed by atoms with E-state index in [-0.39, 0.29) is 0 Å². The van der Waals surface area contributed by atoms with E-state index in [2.05, 4.69) is 28.3 Å². The first-order chi connectivity index (χ1) is 12.2. The summed E-state index contributed by atoms with van der Waals surface area (Å²) in [5, 5.41) is 3.33. The van der Waals surface area contributed by atoms with Crippen LogP contribution in [0.4, 0.5) is 11.5 Å². The first-order valence-electron chi connectivity index (χ1n) is 8.14. The highest BCUT2D eigenvalue weighted by Gasteiger charge is 2.08. The monoisotopic (exact) mass is 335 g/mol. The van der Waals surface area contributed by atoms with Crippen molar-refractivity contribution in [2.45, 2.75) is 13.3 Å². The third-order valence-electron chi connectivity index (χ3n) is 3.98. The summed E-state index contributed by atoms with van der Waals surface area (Å²) in [5.41, 5.74) is 3.84. The Hall–Kier alpha value is -3.08. The van der Waals surface area contributed by atoms with Gasteiger partial charge in [-0.1, -0.05) is 19.1 Å². The maximum atomic E-state index is 5.42. The first kappa shape index (κ1) is 16.8. The minimum Gasteiger partial charge on any atom is -0.496 e. The number of nitrogens with one attached hydrogen (secondary N) is 1. The van der Waals surface area contributed by atoms with Gasteiger partial charge in [0.25, 0.3) is 0 Å². The van der Waals surface area contributed by atoms with Gasteiger partial charge in [0.05, 0.1) is 19.9 Å². The van der Waals surface area contributed by atoms with Gasteiger partial charge in [0, 0.05) is 17.3 Å². The maximum absolute atomic E-state index is 5.42. The van der Waals surface area contributed by atoms with Crippen molar-refractivity contribution in [3.63, 3.8) is 0 Å². The number of anilines is 2. The molecule has 0 saturated heterocycles. The average molecular weight is 335 g/mol. The zero-order valence-corrected chi connectivity index (χ0v) is 14.6. The highest BCUT2D eigenvalue weighted by Crippen LogP contribution is 2.30. The predicted octanol–water partition coefficient (Wildman–Crippen LogP) is 4.47. The first-order valence-corrected chi connectivity index (χ1v) is 8.14. The van der Waals surface area contributed by atoms with E-state index in [1.807, 2.05) is 42.5 Å². The molecular formula is C20H21N3O2. The molecule has 0 spiro atoms. The second-order valence-corrected chi connectivity index (χ2v) is 5.49. The summed E-state index contributed by atoms with van der Waals surface area (Å²) in [4.78, 5) is 8.69. The van der Waals surface area contributed by atoms with Crippen LogP contribution in [0.25, 0.3) is 11.3 Å². The third kappa shape index (κ3) is 3.71. The van der Waals surface area contributed by atoms with E-state index in [9.17, 15) is 0 Å². The second kappa shape index (κ2) is 7.66. The molecule has 1 heterocycles. The van der Waals surface area contributed by atoms with Crippen LogP contribution in [-0.4, -0.2) is 24.2 Å². The summed E-state index contributed by atoms with van der Waals surface area (Å²) in [7, 11) is 3.34. The predicted molar refractivity (Wildman–Crippen MR) is 99.7 cm³/mol. The lowest BCUT2D eigenvalue weighted by Crippen LogP contribution is -1.98.